The highest BCUT2D eigenvalue weighted by atomic mass is 35.5. The summed E-state index contributed by atoms with van der Waals surface area (Å²) in [6.45, 7) is 5.82. The molecule has 0 atom stereocenters. The minimum absolute atomic E-state index is 0.686. The molecule has 1 aliphatic heterocycles. The number of piperazine rings is 1. The van der Waals surface area contributed by atoms with Crippen molar-refractivity contribution in [3.63, 3.8) is 0 Å². The van der Waals surface area contributed by atoms with E-state index in [0.29, 0.717) is 5.65 Å². The van der Waals surface area contributed by atoms with Crippen molar-refractivity contribution < 1.29 is 0 Å². The molecule has 130 valence electrons. The van der Waals surface area contributed by atoms with E-state index in [9.17, 15) is 0 Å². The van der Waals surface area contributed by atoms with Crippen molar-refractivity contribution in [2.75, 3.05) is 49.5 Å². The molecule has 1 aliphatic rings. The Hall–Kier alpha value is -2.38. The lowest BCUT2D eigenvalue weighted by molar-refractivity contribution is 0.267. The molecule has 25 heavy (non-hydrogen) atoms. The van der Waals surface area contributed by atoms with Gasteiger partial charge in [0.1, 0.15) is 11.8 Å². The second-order valence-electron chi connectivity index (χ2n) is 6.03. The van der Waals surface area contributed by atoms with Gasteiger partial charge < -0.3 is 15.2 Å². The SMILES string of the molecule is Clc1ccccc1N1CCN(CCNc2ncnc3nc[nH]c23)CC1. The van der Waals surface area contributed by atoms with Crippen molar-refractivity contribution in [1.29, 1.82) is 0 Å². The Morgan fingerprint density at radius 1 is 1.08 bits per heavy atom. The average Bonchev–Trinajstić information content (AvgIpc) is 3.13. The van der Waals surface area contributed by atoms with Crippen LogP contribution in [0, 0.1) is 0 Å². The van der Waals surface area contributed by atoms with Gasteiger partial charge in [-0.1, -0.05) is 23.7 Å². The molecule has 0 aliphatic carbocycles. The van der Waals surface area contributed by atoms with Crippen molar-refractivity contribution in [3.8, 4) is 0 Å². The van der Waals surface area contributed by atoms with Crippen LogP contribution in [0.3, 0.4) is 0 Å². The quantitative estimate of drug-likeness (QED) is 0.729. The van der Waals surface area contributed by atoms with Crippen LogP contribution in [-0.2, 0) is 0 Å². The van der Waals surface area contributed by atoms with Crippen molar-refractivity contribution in [2.45, 2.75) is 0 Å². The molecule has 2 aromatic heterocycles. The van der Waals surface area contributed by atoms with E-state index >= 15 is 0 Å². The van der Waals surface area contributed by atoms with Crippen LogP contribution >= 0.6 is 11.6 Å². The van der Waals surface area contributed by atoms with Crippen molar-refractivity contribution >= 4 is 34.3 Å². The summed E-state index contributed by atoms with van der Waals surface area (Å²) in [5, 5.41) is 4.20. The topological polar surface area (TPSA) is 73.0 Å². The summed E-state index contributed by atoms with van der Waals surface area (Å²) in [6.07, 6.45) is 3.17. The summed E-state index contributed by atoms with van der Waals surface area (Å²) in [7, 11) is 0. The maximum atomic E-state index is 6.30. The van der Waals surface area contributed by atoms with E-state index in [1.165, 1.54) is 6.33 Å². The predicted octanol–water partition coefficient (Wildman–Crippen LogP) is 2.24. The van der Waals surface area contributed by atoms with Gasteiger partial charge in [0, 0.05) is 39.3 Å². The van der Waals surface area contributed by atoms with Gasteiger partial charge in [-0.25, -0.2) is 15.0 Å². The number of rotatable bonds is 5. The lowest BCUT2D eigenvalue weighted by Crippen LogP contribution is -2.47. The minimum atomic E-state index is 0.686. The lowest BCUT2D eigenvalue weighted by atomic mass is 10.2. The number of H-pyrrole nitrogens is 1. The molecule has 1 aromatic carbocycles. The van der Waals surface area contributed by atoms with E-state index in [4.69, 9.17) is 11.6 Å². The Morgan fingerprint density at radius 2 is 1.92 bits per heavy atom. The summed E-state index contributed by atoms with van der Waals surface area (Å²) in [5.74, 6) is 0.803. The van der Waals surface area contributed by atoms with E-state index in [2.05, 4.69) is 41.1 Å². The molecule has 0 saturated carbocycles. The van der Waals surface area contributed by atoms with Gasteiger partial charge in [-0.2, -0.15) is 0 Å². The molecule has 0 bridgehead atoms. The Morgan fingerprint density at radius 3 is 2.76 bits per heavy atom. The third-order valence-electron chi connectivity index (χ3n) is 4.51. The second-order valence-corrected chi connectivity index (χ2v) is 6.44. The Labute approximate surface area is 151 Å². The molecule has 0 spiro atoms. The van der Waals surface area contributed by atoms with Gasteiger partial charge >= 0.3 is 0 Å². The van der Waals surface area contributed by atoms with Gasteiger partial charge in [0.25, 0.3) is 0 Å². The number of fused-ring (bicyclic) bond motifs is 1. The van der Waals surface area contributed by atoms with Crippen LogP contribution in [0.25, 0.3) is 11.2 Å². The highest BCUT2D eigenvalue weighted by Gasteiger charge is 2.18. The number of hydrogen-bond acceptors (Lipinski definition) is 6. The molecule has 1 fully saturated rings. The highest BCUT2D eigenvalue weighted by Crippen LogP contribution is 2.25. The number of anilines is 2. The number of halogens is 1. The Kier molecular flexibility index (Phi) is 4.67. The molecule has 8 heteroatoms. The summed E-state index contributed by atoms with van der Waals surface area (Å²) >= 11 is 6.30. The average molecular weight is 358 g/mol. The number of aromatic amines is 1. The number of nitrogens with one attached hydrogen (secondary N) is 2. The van der Waals surface area contributed by atoms with Crippen molar-refractivity contribution in [3.05, 3.63) is 41.9 Å². The molecule has 0 amide bonds. The summed E-state index contributed by atoms with van der Waals surface area (Å²) in [6, 6.07) is 8.04. The normalized spacial score (nSPS) is 15.6. The van der Waals surface area contributed by atoms with Crippen LogP contribution < -0.4 is 10.2 Å². The van der Waals surface area contributed by atoms with Crippen molar-refractivity contribution in [1.82, 2.24) is 24.8 Å². The van der Waals surface area contributed by atoms with Crippen LogP contribution in [0.1, 0.15) is 0 Å². The van der Waals surface area contributed by atoms with Crippen LogP contribution in [0.15, 0.2) is 36.9 Å². The molecular weight excluding hydrogens is 338 g/mol. The fourth-order valence-corrected chi connectivity index (χ4v) is 3.41. The minimum Gasteiger partial charge on any atom is -0.368 e. The summed E-state index contributed by atoms with van der Waals surface area (Å²) in [5.41, 5.74) is 2.67. The first-order valence-electron chi connectivity index (χ1n) is 8.41. The zero-order valence-corrected chi connectivity index (χ0v) is 14.6. The first-order valence-corrected chi connectivity index (χ1v) is 8.79. The first kappa shape index (κ1) is 16.1. The monoisotopic (exact) mass is 357 g/mol. The smallest absolute Gasteiger partial charge is 0.182 e. The van der Waals surface area contributed by atoms with E-state index in [0.717, 1.165) is 61.3 Å². The van der Waals surface area contributed by atoms with E-state index in [1.54, 1.807) is 6.33 Å². The van der Waals surface area contributed by atoms with Gasteiger partial charge in [-0.05, 0) is 12.1 Å². The summed E-state index contributed by atoms with van der Waals surface area (Å²) in [4.78, 5) is 20.4. The molecule has 0 unspecified atom stereocenters. The highest BCUT2D eigenvalue weighted by molar-refractivity contribution is 6.33. The number of para-hydroxylation sites is 1. The third kappa shape index (κ3) is 3.52. The molecule has 7 nitrogen and oxygen atoms in total. The molecule has 0 radical (unpaired) electrons. The number of imidazole rings is 1. The fourth-order valence-electron chi connectivity index (χ4n) is 3.15. The number of aromatic nitrogens is 4. The van der Waals surface area contributed by atoms with E-state index < -0.39 is 0 Å². The van der Waals surface area contributed by atoms with Crippen LogP contribution in [-0.4, -0.2) is 64.1 Å². The van der Waals surface area contributed by atoms with Crippen LogP contribution in [0.5, 0.6) is 0 Å². The summed E-state index contributed by atoms with van der Waals surface area (Å²) < 4.78 is 0. The lowest BCUT2D eigenvalue weighted by Gasteiger charge is -2.36. The zero-order valence-electron chi connectivity index (χ0n) is 13.8. The molecule has 3 aromatic rings. The van der Waals surface area contributed by atoms with Gasteiger partial charge in [0.05, 0.1) is 17.0 Å². The largest absolute Gasteiger partial charge is 0.368 e. The van der Waals surface area contributed by atoms with Gasteiger partial charge in [-0.15, -0.1) is 0 Å². The number of hydrogen-bond donors (Lipinski definition) is 2. The molecule has 4 rings (SSSR count). The second kappa shape index (κ2) is 7.25. The number of benzene rings is 1. The maximum Gasteiger partial charge on any atom is 0.182 e. The van der Waals surface area contributed by atoms with Gasteiger partial charge in [0.2, 0.25) is 0 Å². The van der Waals surface area contributed by atoms with E-state index in [-0.39, 0.29) is 0 Å². The van der Waals surface area contributed by atoms with Gasteiger partial charge in [-0.3, -0.25) is 4.90 Å². The third-order valence-corrected chi connectivity index (χ3v) is 4.83. The molecular formula is C17H20ClN7. The van der Waals surface area contributed by atoms with E-state index in [1.807, 2.05) is 18.2 Å². The standard InChI is InChI=1S/C17H20ClN7/c18-13-3-1-2-4-14(13)25-9-7-24(8-10-25)6-5-19-16-15-17(21-11-20-15)23-12-22-16/h1-4,11-12H,5-10H2,(H2,19,20,21,22,23). The fraction of sp³-hybridized carbons (Fsp3) is 0.353. The Balaban J connectivity index is 1.28. The Bertz CT molecular complexity index is 842. The first-order chi connectivity index (χ1) is 12.3. The van der Waals surface area contributed by atoms with Crippen LogP contribution in [0.2, 0.25) is 5.02 Å². The number of nitrogens with zero attached hydrogens (tertiary/aromatic N) is 5. The maximum absolute atomic E-state index is 6.30. The molecule has 2 N–H and O–H groups in total. The van der Waals surface area contributed by atoms with Gasteiger partial charge in [0.15, 0.2) is 11.5 Å². The zero-order chi connectivity index (χ0) is 17.1. The van der Waals surface area contributed by atoms with Crippen molar-refractivity contribution in [2.24, 2.45) is 0 Å². The molecule has 1 saturated heterocycles. The molecule has 3 heterocycles. The predicted molar refractivity (Wildman–Crippen MR) is 100 cm³/mol. The van der Waals surface area contributed by atoms with Crippen LogP contribution in [0.4, 0.5) is 11.5 Å².